The van der Waals surface area contributed by atoms with E-state index in [1.165, 1.54) is 12.1 Å². The number of nitrogens with one attached hydrogen (secondary N) is 1. The summed E-state index contributed by atoms with van der Waals surface area (Å²) in [6.07, 6.45) is 1.65. The van der Waals surface area contributed by atoms with Crippen LogP contribution in [-0.4, -0.2) is 21.0 Å². The number of hydrogen-bond acceptors (Lipinski definition) is 4. The topological polar surface area (TPSA) is 75.1 Å². The summed E-state index contributed by atoms with van der Waals surface area (Å²) in [5.74, 6) is -1.62. The molecule has 3 rings (SSSR count). The molecule has 0 saturated heterocycles. The van der Waals surface area contributed by atoms with Gasteiger partial charge in [0.15, 0.2) is 0 Å². The number of rotatable bonds is 4. The summed E-state index contributed by atoms with van der Waals surface area (Å²) >= 11 is 0. The van der Waals surface area contributed by atoms with Crippen molar-refractivity contribution in [2.75, 3.05) is 5.32 Å². The summed E-state index contributed by atoms with van der Waals surface area (Å²) < 4.78 is 14.0. The molecule has 6 heteroatoms. The smallest absolute Gasteiger partial charge is 0.335 e. The molecule has 0 amide bonds. The Bertz CT molecular complexity index is 898. The Labute approximate surface area is 137 Å². The van der Waals surface area contributed by atoms with Crippen molar-refractivity contribution in [2.45, 2.75) is 6.92 Å². The first kappa shape index (κ1) is 15.6. The number of carboxylic acids is 1. The molecule has 0 spiro atoms. The van der Waals surface area contributed by atoms with Crippen molar-refractivity contribution < 1.29 is 14.3 Å². The average molecular weight is 323 g/mol. The van der Waals surface area contributed by atoms with Crippen LogP contribution in [0.3, 0.4) is 0 Å². The number of aromatic nitrogens is 2. The number of carboxylic acid groups (broad SMARTS) is 1. The third kappa shape index (κ3) is 3.22. The van der Waals surface area contributed by atoms with E-state index in [2.05, 4.69) is 15.3 Å². The van der Waals surface area contributed by atoms with Crippen LogP contribution in [0, 0.1) is 12.7 Å². The second-order valence-corrected chi connectivity index (χ2v) is 5.22. The Morgan fingerprint density at radius 3 is 2.58 bits per heavy atom. The van der Waals surface area contributed by atoms with Crippen molar-refractivity contribution in [3.8, 4) is 11.3 Å². The van der Waals surface area contributed by atoms with E-state index >= 15 is 0 Å². The minimum atomic E-state index is -1.18. The third-order valence-corrected chi connectivity index (χ3v) is 3.48. The largest absolute Gasteiger partial charge is 0.478 e. The molecule has 5 nitrogen and oxygen atoms in total. The van der Waals surface area contributed by atoms with E-state index in [9.17, 15) is 9.18 Å². The minimum Gasteiger partial charge on any atom is -0.478 e. The van der Waals surface area contributed by atoms with E-state index in [0.29, 0.717) is 0 Å². The van der Waals surface area contributed by atoms with Crippen molar-refractivity contribution >= 4 is 17.6 Å². The van der Waals surface area contributed by atoms with E-state index in [1.807, 2.05) is 37.3 Å². The summed E-state index contributed by atoms with van der Waals surface area (Å²) in [4.78, 5) is 19.4. The lowest BCUT2D eigenvalue weighted by molar-refractivity contribution is 0.0696. The van der Waals surface area contributed by atoms with Gasteiger partial charge in [-0.1, -0.05) is 30.3 Å². The van der Waals surface area contributed by atoms with Gasteiger partial charge < -0.3 is 10.4 Å². The van der Waals surface area contributed by atoms with Crippen LogP contribution in [0.4, 0.5) is 16.0 Å². The standard InChI is InChI=1S/C18H14FN3O2/c1-11-10-20-18(22-16(11)12-5-3-2-4-6-12)21-15-8-7-13(17(23)24)9-14(15)19/h2-10H,1H3,(H,23,24)(H,20,21,22). The Kier molecular flexibility index (Phi) is 4.20. The number of benzene rings is 2. The number of aromatic carboxylic acids is 1. The van der Waals surface area contributed by atoms with Crippen LogP contribution in [0.2, 0.25) is 0 Å². The maximum absolute atomic E-state index is 14.0. The van der Waals surface area contributed by atoms with Gasteiger partial charge in [0, 0.05) is 11.8 Å². The molecule has 0 fully saturated rings. The Balaban J connectivity index is 1.93. The van der Waals surface area contributed by atoms with Gasteiger partial charge in [-0.15, -0.1) is 0 Å². The zero-order chi connectivity index (χ0) is 17.1. The Morgan fingerprint density at radius 1 is 1.17 bits per heavy atom. The maximum atomic E-state index is 14.0. The van der Waals surface area contributed by atoms with Crippen LogP contribution >= 0.6 is 0 Å². The number of halogens is 1. The van der Waals surface area contributed by atoms with Crippen LogP contribution in [0.5, 0.6) is 0 Å². The van der Waals surface area contributed by atoms with Gasteiger partial charge >= 0.3 is 5.97 Å². The summed E-state index contributed by atoms with van der Waals surface area (Å²) in [5.41, 5.74) is 2.57. The molecule has 0 atom stereocenters. The van der Waals surface area contributed by atoms with Crippen molar-refractivity contribution in [1.82, 2.24) is 9.97 Å². The number of carbonyl (C=O) groups is 1. The number of hydrogen-bond donors (Lipinski definition) is 2. The van der Waals surface area contributed by atoms with E-state index in [4.69, 9.17) is 5.11 Å². The molecule has 0 aliphatic carbocycles. The highest BCUT2D eigenvalue weighted by Gasteiger charge is 2.11. The predicted octanol–water partition coefficient (Wildman–Crippen LogP) is 4.03. The lowest BCUT2D eigenvalue weighted by atomic mass is 10.1. The lowest BCUT2D eigenvalue weighted by Crippen LogP contribution is -2.03. The summed E-state index contributed by atoms with van der Waals surface area (Å²) in [7, 11) is 0. The predicted molar refractivity (Wildman–Crippen MR) is 88.8 cm³/mol. The van der Waals surface area contributed by atoms with Crippen LogP contribution in [0.15, 0.2) is 54.7 Å². The van der Waals surface area contributed by atoms with Gasteiger partial charge in [0.2, 0.25) is 5.95 Å². The highest BCUT2D eigenvalue weighted by atomic mass is 19.1. The molecule has 1 heterocycles. The first-order valence-corrected chi connectivity index (χ1v) is 7.23. The number of aryl methyl sites for hydroxylation is 1. The molecule has 0 aliphatic rings. The number of anilines is 2. The molecule has 0 radical (unpaired) electrons. The average Bonchev–Trinajstić information content (AvgIpc) is 2.59. The van der Waals surface area contributed by atoms with Crippen molar-refractivity contribution in [3.63, 3.8) is 0 Å². The first-order valence-electron chi connectivity index (χ1n) is 7.23. The summed E-state index contributed by atoms with van der Waals surface area (Å²) in [5, 5.41) is 11.7. The molecule has 0 unspecified atom stereocenters. The van der Waals surface area contributed by atoms with Gasteiger partial charge in [0.1, 0.15) is 5.82 Å². The van der Waals surface area contributed by atoms with Gasteiger partial charge in [0.05, 0.1) is 16.9 Å². The van der Waals surface area contributed by atoms with Crippen LogP contribution in [0.25, 0.3) is 11.3 Å². The first-order chi connectivity index (χ1) is 11.5. The van der Waals surface area contributed by atoms with Crippen LogP contribution in [-0.2, 0) is 0 Å². The molecule has 24 heavy (non-hydrogen) atoms. The number of nitrogens with zero attached hydrogens (tertiary/aromatic N) is 2. The molecule has 0 bridgehead atoms. The molecule has 3 aromatic rings. The second-order valence-electron chi connectivity index (χ2n) is 5.22. The second kappa shape index (κ2) is 6.45. The highest BCUT2D eigenvalue weighted by molar-refractivity contribution is 5.88. The van der Waals surface area contributed by atoms with Gasteiger partial charge in [-0.2, -0.15) is 0 Å². The van der Waals surface area contributed by atoms with Crippen molar-refractivity contribution in [2.24, 2.45) is 0 Å². The van der Waals surface area contributed by atoms with Crippen LogP contribution < -0.4 is 5.32 Å². The lowest BCUT2D eigenvalue weighted by Gasteiger charge is -2.10. The SMILES string of the molecule is Cc1cnc(Nc2ccc(C(=O)O)cc2F)nc1-c1ccccc1. The fourth-order valence-corrected chi connectivity index (χ4v) is 2.26. The van der Waals surface area contributed by atoms with E-state index in [0.717, 1.165) is 22.9 Å². The Hall–Kier alpha value is -3.28. The van der Waals surface area contributed by atoms with Crippen LogP contribution in [0.1, 0.15) is 15.9 Å². The van der Waals surface area contributed by atoms with Gasteiger partial charge in [-0.05, 0) is 30.7 Å². The molecular weight excluding hydrogens is 309 g/mol. The quantitative estimate of drug-likeness (QED) is 0.758. The fraction of sp³-hybridized carbons (Fsp3) is 0.0556. The normalized spacial score (nSPS) is 10.4. The van der Waals surface area contributed by atoms with E-state index in [-0.39, 0.29) is 17.2 Å². The third-order valence-electron chi connectivity index (χ3n) is 3.48. The molecule has 1 aromatic heterocycles. The van der Waals surface area contributed by atoms with Crippen molar-refractivity contribution in [1.29, 1.82) is 0 Å². The zero-order valence-corrected chi connectivity index (χ0v) is 12.8. The zero-order valence-electron chi connectivity index (χ0n) is 12.8. The molecular formula is C18H14FN3O2. The summed E-state index contributed by atoms with van der Waals surface area (Å²) in [6, 6.07) is 13.2. The summed E-state index contributed by atoms with van der Waals surface area (Å²) in [6.45, 7) is 1.90. The minimum absolute atomic E-state index is 0.114. The Morgan fingerprint density at radius 2 is 1.92 bits per heavy atom. The fourth-order valence-electron chi connectivity index (χ4n) is 2.26. The van der Waals surface area contributed by atoms with Gasteiger partial charge in [0.25, 0.3) is 0 Å². The van der Waals surface area contributed by atoms with Crippen molar-refractivity contribution in [3.05, 3.63) is 71.7 Å². The van der Waals surface area contributed by atoms with Gasteiger partial charge in [-0.25, -0.2) is 19.2 Å². The van der Waals surface area contributed by atoms with E-state index in [1.54, 1.807) is 6.20 Å². The van der Waals surface area contributed by atoms with E-state index < -0.39 is 11.8 Å². The molecule has 0 saturated carbocycles. The molecule has 120 valence electrons. The monoisotopic (exact) mass is 323 g/mol. The molecule has 0 aliphatic heterocycles. The highest BCUT2D eigenvalue weighted by Crippen LogP contribution is 2.24. The maximum Gasteiger partial charge on any atom is 0.335 e. The molecule has 2 aromatic carbocycles. The molecule has 2 N–H and O–H groups in total. The van der Waals surface area contributed by atoms with Gasteiger partial charge in [-0.3, -0.25) is 0 Å².